The zero-order chi connectivity index (χ0) is 32.0. The predicted octanol–water partition coefficient (Wildman–Crippen LogP) is -6.98. The summed E-state index contributed by atoms with van der Waals surface area (Å²) in [5, 5.41) is 23.3. The summed E-state index contributed by atoms with van der Waals surface area (Å²) in [6.45, 7) is 0. The minimum atomic E-state index is -5.50. The standard InChI is InChI=1S/C22H17N4O13PS3.H3N.3Na/c27-18-7-4-12-8-16(41(31,32)33)11-20(43(37,38)39)21(12)22(18)26-25-17-6-5-14(10-19(17)42(34,35)36)24-23-13-2-1-3-15(9-13)40(28,29)30;;;;/h1-11,27H,(H2,28,29,30)(H,31,32,33)(H,34,35,36)(H,37,38,39);1H3;;;/q;;3*+1/p-4. The summed E-state index contributed by atoms with van der Waals surface area (Å²) in [7, 11) is -21.2. The first-order valence-electron chi connectivity index (χ1n) is 11.0. The Morgan fingerprint density at radius 3 is 1.74 bits per heavy atom. The number of azo groups is 2. The third kappa shape index (κ3) is 11.5. The number of phenolic OH excluding ortho intramolecular Hbond substituents is 1. The van der Waals surface area contributed by atoms with E-state index in [9.17, 15) is 58.4 Å². The molecule has 0 aliphatic carbocycles. The maximum atomic E-state index is 12.0. The number of quaternary nitrogens is 1. The molecule has 0 bridgehead atoms. The molecule has 234 valence electrons. The van der Waals surface area contributed by atoms with Gasteiger partial charge < -0.3 is 39.3 Å². The van der Waals surface area contributed by atoms with Crippen LogP contribution in [0, 0.1) is 0 Å². The minimum absolute atomic E-state index is 0. The number of benzene rings is 4. The van der Waals surface area contributed by atoms with Crippen molar-refractivity contribution in [3.63, 3.8) is 0 Å². The Bertz CT molecular complexity index is 2250. The van der Waals surface area contributed by atoms with Gasteiger partial charge in [-0.05, 0) is 66.8 Å². The fraction of sp³-hybridized carbons (Fsp3) is 0. The van der Waals surface area contributed by atoms with E-state index in [-0.39, 0.29) is 118 Å². The summed E-state index contributed by atoms with van der Waals surface area (Å²) >= 11 is 0. The van der Waals surface area contributed by atoms with Crippen LogP contribution in [-0.4, -0.2) is 44.0 Å². The topological polar surface area (TPSA) is 341 Å². The Balaban J connectivity index is 0.00000529. The quantitative estimate of drug-likeness (QED) is 0.0732. The molecule has 47 heavy (non-hydrogen) atoms. The largest absolute Gasteiger partial charge is 1.00 e. The van der Waals surface area contributed by atoms with Gasteiger partial charge in [-0.1, -0.05) is 18.2 Å². The zero-order valence-electron chi connectivity index (χ0n) is 24.7. The maximum Gasteiger partial charge on any atom is 1.00 e. The molecule has 18 nitrogen and oxygen atoms in total. The van der Waals surface area contributed by atoms with E-state index in [1.165, 1.54) is 12.1 Å². The number of rotatable bonds is 8. The van der Waals surface area contributed by atoms with Gasteiger partial charge in [-0.3, -0.25) is 0 Å². The Morgan fingerprint density at radius 1 is 0.638 bits per heavy atom. The van der Waals surface area contributed by atoms with Crippen molar-refractivity contribution in [1.82, 2.24) is 6.15 Å². The van der Waals surface area contributed by atoms with Crippen LogP contribution in [0.25, 0.3) is 10.8 Å². The fourth-order valence-corrected chi connectivity index (χ4v) is 6.14. The minimum Gasteiger partial charge on any atom is -0.807 e. The van der Waals surface area contributed by atoms with Gasteiger partial charge in [-0.2, -0.15) is 10.2 Å². The molecule has 0 saturated carbocycles. The van der Waals surface area contributed by atoms with E-state index in [1.54, 1.807) is 0 Å². The van der Waals surface area contributed by atoms with Crippen LogP contribution < -0.4 is 110 Å². The van der Waals surface area contributed by atoms with Gasteiger partial charge in [0.05, 0.1) is 26.1 Å². The summed E-state index contributed by atoms with van der Waals surface area (Å²) in [6.07, 6.45) is 0. The first-order chi connectivity index (χ1) is 19.7. The van der Waals surface area contributed by atoms with E-state index in [0.717, 1.165) is 36.4 Å². The number of fused-ring (bicyclic) bond motifs is 1. The Morgan fingerprint density at radius 2 is 1.21 bits per heavy atom. The molecule has 4 aromatic carbocycles. The van der Waals surface area contributed by atoms with E-state index < -0.39 is 80.5 Å². The average molecular weight is 755 g/mol. The summed E-state index contributed by atoms with van der Waals surface area (Å²) in [5.74, 6) is -0.807. The van der Waals surface area contributed by atoms with Crippen LogP contribution in [-0.2, 0) is 34.9 Å². The summed E-state index contributed by atoms with van der Waals surface area (Å²) in [5.41, 5.74) is -1.78. The Hall–Kier alpha value is -1.02. The molecule has 4 rings (SSSR count). The number of aromatic hydroxyl groups is 1. The Labute approximate surface area is 333 Å². The molecule has 0 spiro atoms. The van der Waals surface area contributed by atoms with Crippen LogP contribution >= 0.6 is 7.60 Å². The normalized spacial score (nSPS) is 12.2. The maximum absolute atomic E-state index is 12.0. The smallest absolute Gasteiger partial charge is 0.807 e. The Kier molecular flexibility index (Phi) is 16.9. The molecular formula is C22H16N5Na3O13PS3-. The van der Waals surface area contributed by atoms with Crippen molar-refractivity contribution in [3.8, 4) is 5.75 Å². The number of nitrogens with zero attached hydrogens (tertiary/aromatic N) is 4. The van der Waals surface area contributed by atoms with Crippen LogP contribution in [0.4, 0.5) is 22.7 Å². The summed E-state index contributed by atoms with van der Waals surface area (Å²) < 4.78 is 117. The fourth-order valence-electron chi connectivity index (χ4n) is 3.61. The van der Waals surface area contributed by atoms with Gasteiger partial charge in [0.2, 0.25) is 0 Å². The molecule has 0 unspecified atom stereocenters. The van der Waals surface area contributed by atoms with Crippen molar-refractivity contribution in [1.29, 1.82) is 0 Å². The van der Waals surface area contributed by atoms with Crippen LogP contribution in [0.15, 0.2) is 102 Å². The van der Waals surface area contributed by atoms with Crippen LogP contribution in [0.3, 0.4) is 0 Å². The molecule has 0 saturated heterocycles. The molecule has 0 aliphatic heterocycles. The molecule has 0 fully saturated rings. The van der Waals surface area contributed by atoms with Gasteiger partial charge in [0.1, 0.15) is 47.5 Å². The monoisotopic (exact) mass is 754 g/mol. The molecule has 25 heteroatoms. The summed E-state index contributed by atoms with van der Waals surface area (Å²) in [4.78, 5) is 19.1. The van der Waals surface area contributed by atoms with Crippen molar-refractivity contribution in [2.24, 2.45) is 20.5 Å². The van der Waals surface area contributed by atoms with Crippen molar-refractivity contribution < 1.29 is 147 Å². The molecule has 0 radical (unpaired) electrons. The number of hydrogen-bond donors (Lipinski definition) is 2. The van der Waals surface area contributed by atoms with Gasteiger partial charge in [0.25, 0.3) is 0 Å². The van der Waals surface area contributed by atoms with E-state index in [0.29, 0.717) is 12.1 Å². The number of phenols is 1. The van der Waals surface area contributed by atoms with Crippen LogP contribution in [0.2, 0.25) is 0 Å². The molecule has 0 atom stereocenters. The molecule has 4 aromatic rings. The molecule has 0 aliphatic rings. The SMILES string of the molecule is O=P([O-])([O-])c1cccc(N=Nc2ccc(N=Nc3c(O)ccc4cc(S(=O)(=O)[O-])cc(S(=O)(=O)[O-])c34)c(S(=O)(=O)[O-])c2)c1.[NH4+].[Na+].[Na+].[Na+]. The molecule has 0 amide bonds. The van der Waals surface area contributed by atoms with Gasteiger partial charge in [-0.15, -0.1) is 10.2 Å². The second-order valence-corrected chi connectivity index (χ2v) is 14.0. The third-order valence-electron chi connectivity index (χ3n) is 5.46. The first-order valence-corrected chi connectivity index (χ1v) is 16.8. The van der Waals surface area contributed by atoms with Gasteiger partial charge in [-0.25, -0.2) is 25.3 Å². The first kappa shape index (κ1) is 46.0. The van der Waals surface area contributed by atoms with E-state index in [4.69, 9.17) is 0 Å². The van der Waals surface area contributed by atoms with Gasteiger partial charge >= 0.3 is 88.7 Å². The van der Waals surface area contributed by atoms with Crippen LogP contribution in [0.5, 0.6) is 5.75 Å². The van der Waals surface area contributed by atoms with E-state index in [1.807, 2.05) is 0 Å². The van der Waals surface area contributed by atoms with Crippen molar-refractivity contribution in [2.75, 3.05) is 0 Å². The third-order valence-corrected chi connectivity index (χ3v) is 8.91. The zero-order valence-corrected chi connectivity index (χ0v) is 34.0. The van der Waals surface area contributed by atoms with Crippen LogP contribution in [0.1, 0.15) is 0 Å². The molecule has 5 N–H and O–H groups in total. The second kappa shape index (κ2) is 17.3. The predicted molar refractivity (Wildman–Crippen MR) is 144 cm³/mol. The van der Waals surface area contributed by atoms with E-state index >= 15 is 0 Å². The average Bonchev–Trinajstić information content (AvgIpc) is 2.89. The van der Waals surface area contributed by atoms with Crippen molar-refractivity contribution >= 4 is 76.8 Å². The van der Waals surface area contributed by atoms with Gasteiger partial charge in [0, 0.05) is 5.39 Å². The van der Waals surface area contributed by atoms with Gasteiger partial charge in [0.15, 0.2) is 0 Å². The second-order valence-electron chi connectivity index (χ2n) is 8.38. The van der Waals surface area contributed by atoms with Crippen molar-refractivity contribution in [3.05, 3.63) is 66.7 Å². The molecular weight excluding hydrogens is 738 g/mol. The molecule has 0 aromatic heterocycles. The van der Waals surface area contributed by atoms with Crippen molar-refractivity contribution in [2.45, 2.75) is 14.7 Å². The number of hydrogen-bond acceptors (Lipinski definition) is 17. The van der Waals surface area contributed by atoms with E-state index in [2.05, 4.69) is 20.5 Å². The summed E-state index contributed by atoms with van der Waals surface area (Å²) in [6, 6.07) is 9.96. The molecule has 0 heterocycles.